The number of sulfonamides is 1. The third-order valence-corrected chi connectivity index (χ3v) is 8.54. The van der Waals surface area contributed by atoms with Crippen molar-refractivity contribution in [1.82, 2.24) is 14.1 Å². The lowest BCUT2D eigenvalue weighted by Crippen LogP contribution is -2.51. The maximum atomic E-state index is 13.5. The Morgan fingerprint density at radius 1 is 0.838 bits per heavy atom. The van der Waals surface area contributed by atoms with E-state index in [9.17, 15) is 13.2 Å². The van der Waals surface area contributed by atoms with E-state index in [0.717, 1.165) is 30.8 Å². The molecule has 9 heteroatoms. The summed E-state index contributed by atoms with van der Waals surface area (Å²) in [4.78, 5) is 17.3. The van der Waals surface area contributed by atoms with Crippen molar-refractivity contribution in [2.24, 2.45) is 0 Å². The number of amides is 1. The normalized spacial score (nSPS) is 14.9. The molecule has 3 aromatic carbocycles. The minimum atomic E-state index is -3.93. The first-order chi connectivity index (χ1) is 17.8. The van der Waals surface area contributed by atoms with Gasteiger partial charge in [0.25, 0.3) is 0 Å². The van der Waals surface area contributed by atoms with E-state index in [2.05, 4.69) is 29.2 Å². The molecule has 0 saturated carbocycles. The second-order valence-corrected chi connectivity index (χ2v) is 11.7. The number of hydrogen-bond donors (Lipinski definition) is 0. The van der Waals surface area contributed by atoms with Crippen LogP contribution in [0.25, 0.3) is 6.08 Å². The molecule has 6 nitrogen and oxygen atoms in total. The first-order valence-electron chi connectivity index (χ1n) is 12.0. The van der Waals surface area contributed by atoms with Gasteiger partial charge in [0.1, 0.15) is 0 Å². The van der Waals surface area contributed by atoms with E-state index in [4.69, 9.17) is 23.2 Å². The van der Waals surface area contributed by atoms with Crippen molar-refractivity contribution in [2.45, 2.75) is 11.4 Å². The highest BCUT2D eigenvalue weighted by Crippen LogP contribution is 2.22. The average molecular weight is 559 g/mol. The topological polar surface area (TPSA) is 60.9 Å². The van der Waals surface area contributed by atoms with Crippen LogP contribution in [0.5, 0.6) is 0 Å². The zero-order chi connectivity index (χ0) is 26.3. The smallest absolute Gasteiger partial charge is 0.243 e. The third kappa shape index (κ3) is 7.66. The van der Waals surface area contributed by atoms with Crippen molar-refractivity contribution in [1.29, 1.82) is 0 Å². The highest BCUT2D eigenvalue weighted by molar-refractivity contribution is 7.89. The summed E-state index contributed by atoms with van der Waals surface area (Å²) in [5.41, 5.74) is 1.89. The predicted octanol–water partition coefficient (Wildman–Crippen LogP) is 5.04. The maximum absolute atomic E-state index is 13.5. The lowest BCUT2D eigenvalue weighted by molar-refractivity contribution is -0.133. The van der Waals surface area contributed by atoms with Gasteiger partial charge in [0.2, 0.25) is 15.9 Å². The average Bonchev–Trinajstić information content (AvgIpc) is 2.91. The number of carbonyl (C=O) groups is 1. The third-order valence-electron chi connectivity index (χ3n) is 6.23. The van der Waals surface area contributed by atoms with Gasteiger partial charge in [-0.2, -0.15) is 4.31 Å². The Bertz CT molecular complexity index is 1310. The van der Waals surface area contributed by atoms with Crippen LogP contribution >= 0.6 is 23.2 Å². The number of benzene rings is 3. The molecule has 0 spiro atoms. The molecule has 1 fully saturated rings. The van der Waals surface area contributed by atoms with Gasteiger partial charge in [0.05, 0.1) is 11.4 Å². The maximum Gasteiger partial charge on any atom is 0.243 e. The van der Waals surface area contributed by atoms with Gasteiger partial charge in [-0.15, -0.1) is 0 Å². The number of piperazine rings is 1. The van der Waals surface area contributed by atoms with Crippen LogP contribution in [-0.2, 0) is 21.4 Å². The fourth-order valence-corrected chi connectivity index (χ4v) is 5.74. The molecule has 0 atom stereocenters. The number of carbonyl (C=O) groups excluding carboxylic acids is 1. The van der Waals surface area contributed by atoms with Gasteiger partial charge in [-0.3, -0.25) is 9.69 Å². The SMILES string of the molecule is O=C(CN(Cc1ccc(Cl)cc1)S(=O)(=O)c1ccc(Cl)cc1)N1CCN(C/C=C/c2ccccc2)CC1. The molecule has 0 N–H and O–H groups in total. The van der Waals surface area contributed by atoms with Gasteiger partial charge in [0, 0.05) is 49.3 Å². The molecule has 0 aromatic heterocycles. The first-order valence-corrected chi connectivity index (χ1v) is 14.2. The van der Waals surface area contributed by atoms with E-state index in [1.807, 2.05) is 18.2 Å². The molecule has 194 valence electrons. The molecule has 0 radical (unpaired) electrons. The molecule has 37 heavy (non-hydrogen) atoms. The lowest BCUT2D eigenvalue weighted by Gasteiger charge is -2.35. The first kappa shape index (κ1) is 27.4. The molecular formula is C28H29Cl2N3O3S. The molecule has 1 saturated heterocycles. The summed E-state index contributed by atoms with van der Waals surface area (Å²) in [6.07, 6.45) is 4.22. The minimum Gasteiger partial charge on any atom is -0.339 e. The Kier molecular flexibility index (Phi) is 9.40. The van der Waals surface area contributed by atoms with Crippen LogP contribution < -0.4 is 0 Å². The second kappa shape index (κ2) is 12.7. The van der Waals surface area contributed by atoms with Crippen molar-refractivity contribution < 1.29 is 13.2 Å². The standard InChI is InChI=1S/C28H29Cl2N3O3S/c29-25-10-8-24(9-11-25)21-33(37(35,36)27-14-12-26(30)13-15-27)22-28(34)32-19-17-31(18-20-32)16-4-7-23-5-2-1-3-6-23/h1-15H,16-22H2/b7-4+. The predicted molar refractivity (Wildman–Crippen MR) is 149 cm³/mol. The summed E-state index contributed by atoms with van der Waals surface area (Å²) >= 11 is 12.0. The number of rotatable bonds is 9. The molecule has 1 amide bonds. The Labute approximate surface area is 228 Å². The Balaban J connectivity index is 1.40. The molecule has 1 aliphatic rings. The number of halogens is 2. The van der Waals surface area contributed by atoms with Gasteiger partial charge < -0.3 is 4.90 Å². The van der Waals surface area contributed by atoms with Gasteiger partial charge >= 0.3 is 0 Å². The van der Waals surface area contributed by atoms with Crippen LogP contribution in [0.3, 0.4) is 0 Å². The largest absolute Gasteiger partial charge is 0.339 e. The molecule has 0 unspecified atom stereocenters. The van der Waals surface area contributed by atoms with E-state index >= 15 is 0 Å². The van der Waals surface area contributed by atoms with Crippen LogP contribution in [0.2, 0.25) is 10.0 Å². The van der Waals surface area contributed by atoms with Gasteiger partial charge in [0.15, 0.2) is 0 Å². The summed E-state index contributed by atoms with van der Waals surface area (Å²) in [7, 11) is -3.93. The van der Waals surface area contributed by atoms with Crippen LogP contribution in [0.15, 0.2) is 89.8 Å². The highest BCUT2D eigenvalue weighted by atomic mass is 35.5. The van der Waals surface area contributed by atoms with Crippen molar-refractivity contribution in [3.8, 4) is 0 Å². The van der Waals surface area contributed by atoms with E-state index in [0.29, 0.717) is 23.1 Å². The summed E-state index contributed by atoms with van der Waals surface area (Å²) in [6.45, 7) is 3.16. The zero-order valence-corrected chi connectivity index (χ0v) is 22.7. The molecular weight excluding hydrogens is 529 g/mol. The summed E-state index contributed by atoms with van der Waals surface area (Å²) in [5.74, 6) is -0.217. The zero-order valence-electron chi connectivity index (χ0n) is 20.3. The fourth-order valence-electron chi connectivity index (χ4n) is 4.11. The van der Waals surface area contributed by atoms with Crippen molar-refractivity contribution in [3.05, 3.63) is 106 Å². The quantitative estimate of drug-likeness (QED) is 0.369. The molecule has 1 aliphatic heterocycles. The Morgan fingerprint density at radius 3 is 2.05 bits per heavy atom. The second-order valence-electron chi connectivity index (χ2n) is 8.85. The fraction of sp³-hybridized carbons (Fsp3) is 0.250. The van der Waals surface area contributed by atoms with Gasteiger partial charge in [-0.25, -0.2) is 8.42 Å². The van der Waals surface area contributed by atoms with Crippen LogP contribution in [-0.4, -0.2) is 67.7 Å². The van der Waals surface area contributed by atoms with E-state index in [1.165, 1.54) is 28.6 Å². The van der Waals surface area contributed by atoms with Gasteiger partial charge in [-0.1, -0.05) is 77.8 Å². The van der Waals surface area contributed by atoms with Crippen molar-refractivity contribution in [3.63, 3.8) is 0 Å². The molecule has 1 heterocycles. The minimum absolute atomic E-state index is 0.0537. The lowest BCUT2D eigenvalue weighted by atomic mass is 10.2. The number of nitrogens with zero attached hydrogens (tertiary/aromatic N) is 3. The monoisotopic (exact) mass is 557 g/mol. The number of hydrogen-bond acceptors (Lipinski definition) is 4. The summed E-state index contributed by atoms with van der Waals surface area (Å²) in [5, 5.41) is 0.999. The molecule has 0 aliphatic carbocycles. The van der Waals surface area contributed by atoms with E-state index in [1.54, 1.807) is 29.2 Å². The van der Waals surface area contributed by atoms with Gasteiger partial charge in [-0.05, 0) is 47.5 Å². The molecule has 4 rings (SSSR count). The Hall–Kier alpha value is -2.68. The van der Waals surface area contributed by atoms with Crippen molar-refractivity contribution in [2.75, 3.05) is 39.3 Å². The van der Waals surface area contributed by atoms with Crippen LogP contribution in [0.4, 0.5) is 0 Å². The summed E-state index contributed by atoms with van der Waals surface area (Å²) < 4.78 is 28.2. The molecule has 3 aromatic rings. The van der Waals surface area contributed by atoms with E-state index < -0.39 is 10.0 Å². The Morgan fingerprint density at radius 2 is 1.43 bits per heavy atom. The highest BCUT2D eigenvalue weighted by Gasteiger charge is 2.30. The van der Waals surface area contributed by atoms with Crippen molar-refractivity contribution >= 4 is 45.2 Å². The van der Waals surface area contributed by atoms with Crippen LogP contribution in [0, 0.1) is 0 Å². The summed E-state index contributed by atoms with van der Waals surface area (Å²) in [6, 6.07) is 23.0. The van der Waals surface area contributed by atoms with E-state index in [-0.39, 0.29) is 23.9 Å². The molecule has 0 bridgehead atoms. The van der Waals surface area contributed by atoms with Crippen LogP contribution in [0.1, 0.15) is 11.1 Å².